The molecule has 7 aromatic heterocycles. The van der Waals surface area contributed by atoms with Crippen LogP contribution in [-0.2, 0) is 25.4 Å². The van der Waals surface area contributed by atoms with Crippen molar-refractivity contribution in [2.24, 2.45) is 29.5 Å². The number of hydrogen-bond donors (Lipinski definition) is 8. The number of pyridine rings is 6. The molecule has 0 bridgehead atoms. The molecule has 0 atom stereocenters. The van der Waals surface area contributed by atoms with E-state index in [4.69, 9.17) is 17.3 Å². The number of hydrogen-bond acceptors (Lipinski definition) is 19. The number of nitrogens with one attached hydrogen (secondary N) is 5. The third kappa shape index (κ3) is 22.2. The highest BCUT2D eigenvalue weighted by molar-refractivity contribution is 5.93. The number of rotatable bonds is 13. The molecular formula is C62H75F3N18O8. The van der Waals surface area contributed by atoms with Crippen molar-refractivity contribution < 1.29 is 42.2 Å². The first-order valence-corrected chi connectivity index (χ1v) is 30.2. The molecular weight excluding hydrogens is 1180 g/mol. The molecule has 91 heavy (non-hydrogen) atoms. The summed E-state index contributed by atoms with van der Waals surface area (Å²) >= 11 is 0. The molecule has 482 valence electrons. The van der Waals surface area contributed by atoms with E-state index in [1.807, 2.05) is 0 Å². The van der Waals surface area contributed by atoms with Gasteiger partial charge < -0.3 is 38.2 Å². The van der Waals surface area contributed by atoms with Crippen LogP contribution < -0.4 is 44.0 Å². The molecule has 4 saturated carbocycles. The molecule has 0 spiro atoms. The summed E-state index contributed by atoms with van der Waals surface area (Å²) in [6, 6.07) is 19.9. The number of aromatic nitrogens is 8. The average Bonchev–Trinajstić information content (AvgIpc) is 1.72. The van der Waals surface area contributed by atoms with Gasteiger partial charge in [-0.1, -0.05) is 77.0 Å². The Labute approximate surface area is 522 Å². The largest absolute Gasteiger partial charge is 0.435 e. The quantitative estimate of drug-likeness (QED) is 0.0302. The van der Waals surface area contributed by atoms with Crippen LogP contribution in [0, 0.1) is 43.9 Å². The first kappa shape index (κ1) is 68.4. The number of carbonyl (C=O) groups is 4. The highest BCUT2D eigenvalue weighted by Gasteiger charge is 2.35. The van der Waals surface area contributed by atoms with Gasteiger partial charge in [0, 0.05) is 53.8 Å². The molecule has 4 fully saturated rings. The van der Waals surface area contributed by atoms with E-state index < -0.39 is 21.7 Å². The van der Waals surface area contributed by atoms with Crippen LogP contribution in [0.15, 0.2) is 122 Å². The van der Waals surface area contributed by atoms with Crippen LogP contribution in [0.1, 0.15) is 134 Å². The molecule has 26 nitrogen and oxygen atoms in total. The van der Waals surface area contributed by atoms with Crippen LogP contribution in [0.25, 0.3) is 16.9 Å². The maximum atomic E-state index is 13.2. The topological polar surface area (TPSA) is 388 Å². The lowest BCUT2D eigenvalue weighted by atomic mass is 9.89. The summed E-state index contributed by atoms with van der Waals surface area (Å²) in [6.45, 7) is 0. The summed E-state index contributed by atoms with van der Waals surface area (Å²) in [5, 5.41) is 35.4. The van der Waals surface area contributed by atoms with Crippen molar-refractivity contribution in [1.82, 2.24) is 39.7 Å². The van der Waals surface area contributed by atoms with Gasteiger partial charge in [0.15, 0.2) is 5.69 Å². The van der Waals surface area contributed by atoms with Crippen molar-refractivity contribution in [3.05, 3.63) is 148 Å². The molecule has 0 saturated heterocycles. The van der Waals surface area contributed by atoms with Crippen LogP contribution in [0.3, 0.4) is 0 Å². The monoisotopic (exact) mass is 1260 g/mol. The number of nitrogens with two attached hydrogens (primary N) is 3. The van der Waals surface area contributed by atoms with Gasteiger partial charge in [0.05, 0.1) is 51.2 Å². The van der Waals surface area contributed by atoms with Crippen molar-refractivity contribution >= 4 is 75.5 Å². The van der Waals surface area contributed by atoms with E-state index in [9.17, 15) is 52.6 Å². The maximum absolute atomic E-state index is 13.2. The molecule has 4 aliphatic rings. The number of nitrogens with zero attached hydrogens (tertiary/aromatic N) is 10. The standard InChI is InChI=1S/C21H20F3N5O.C12H18N4O.C12H15N3O3.C12H17N3O.C5H5N3O2/c22-21(23,24)18-11-17(15-7-4-10-25-12-15)29(28-18)16-8-9-19(26-13-16)27-20(30)14-5-2-1-3-6-14;13-16-10-6-7-11(14-8-10)15-12(17)9-4-2-1-3-5-9;16-12(9-4-2-1-3-5-9)14-11-7-6-10(8-13-11)15(17)18;13-10-6-7-11(14-8-10)15-12(16)9-4-2-1-3-5-9;6-5-2-1-4(3-7-5)8(9)10/h4,7-14H,1-3,5-6H2,(H,26,27,30);6-9,16H,1-5,13H2,(H,14,15,17);6-9H,1-5H2,(H,13,14,16);6-9H,1-5,13H2,(H,14,15,16);1-3H,(H2,6,7). The van der Waals surface area contributed by atoms with Crippen LogP contribution in [-0.4, -0.2) is 73.2 Å². The number of nitrogen functional groups attached to an aromatic ring is 3. The van der Waals surface area contributed by atoms with Crippen molar-refractivity contribution in [1.29, 1.82) is 0 Å². The fraction of sp³-hybridized carbons (Fsp3) is 0.403. The Hall–Kier alpha value is -10.1. The molecule has 0 radical (unpaired) electrons. The van der Waals surface area contributed by atoms with Crippen molar-refractivity contribution in [2.75, 3.05) is 38.2 Å². The van der Waals surface area contributed by atoms with Gasteiger partial charge in [0.2, 0.25) is 23.6 Å². The highest BCUT2D eigenvalue weighted by Crippen LogP contribution is 2.34. The molecule has 11 N–H and O–H groups in total. The third-order valence-electron chi connectivity index (χ3n) is 15.5. The summed E-state index contributed by atoms with van der Waals surface area (Å²) in [6.07, 6.45) is 26.5. The normalized spacial score (nSPS) is 15.3. The molecule has 0 aromatic carbocycles. The summed E-state index contributed by atoms with van der Waals surface area (Å²) in [5.41, 5.74) is 14.5. The van der Waals surface area contributed by atoms with Crippen molar-refractivity contribution in [3.8, 4) is 16.9 Å². The van der Waals surface area contributed by atoms with Crippen molar-refractivity contribution in [2.45, 2.75) is 135 Å². The van der Waals surface area contributed by atoms with Gasteiger partial charge in [-0.05, 0) is 118 Å². The Morgan fingerprint density at radius 2 is 0.923 bits per heavy atom. The predicted octanol–water partition coefficient (Wildman–Crippen LogP) is 12.0. The van der Waals surface area contributed by atoms with E-state index in [-0.39, 0.29) is 70.2 Å². The number of amides is 4. The minimum atomic E-state index is -4.58. The summed E-state index contributed by atoms with van der Waals surface area (Å²) < 4.78 is 40.9. The molecule has 4 amide bonds. The molecule has 0 unspecified atom stereocenters. The molecule has 4 aliphatic carbocycles. The summed E-state index contributed by atoms with van der Waals surface area (Å²) in [4.78, 5) is 91.3. The zero-order valence-corrected chi connectivity index (χ0v) is 50.1. The van der Waals surface area contributed by atoms with Gasteiger partial charge in [-0.15, -0.1) is 0 Å². The molecule has 7 aromatic rings. The Morgan fingerprint density at radius 1 is 0.505 bits per heavy atom. The number of alkyl halides is 3. The minimum Gasteiger partial charge on any atom is -0.397 e. The van der Waals surface area contributed by atoms with E-state index in [2.05, 4.69) is 61.7 Å². The molecule has 0 aliphatic heterocycles. The second kappa shape index (κ2) is 34.6. The first-order valence-electron chi connectivity index (χ1n) is 30.2. The fourth-order valence-electron chi connectivity index (χ4n) is 10.5. The van der Waals surface area contributed by atoms with Gasteiger partial charge in [0.1, 0.15) is 41.5 Å². The Balaban J connectivity index is 0.000000169. The van der Waals surface area contributed by atoms with E-state index in [1.54, 1.807) is 67.1 Å². The van der Waals surface area contributed by atoms with Gasteiger partial charge >= 0.3 is 6.18 Å². The smallest absolute Gasteiger partial charge is 0.397 e. The van der Waals surface area contributed by atoms with Crippen LogP contribution in [0.5, 0.6) is 0 Å². The Bertz CT molecular complexity index is 3430. The Kier molecular flexibility index (Phi) is 26.0. The molecule has 7 heterocycles. The highest BCUT2D eigenvalue weighted by atomic mass is 19.4. The maximum Gasteiger partial charge on any atom is 0.435 e. The number of anilines is 7. The second-order valence-corrected chi connectivity index (χ2v) is 22.2. The predicted molar refractivity (Wildman–Crippen MR) is 337 cm³/mol. The van der Waals surface area contributed by atoms with Crippen LogP contribution in [0.4, 0.5) is 65.0 Å². The lowest BCUT2D eigenvalue weighted by Crippen LogP contribution is -2.25. The fourth-order valence-corrected chi connectivity index (χ4v) is 10.5. The van der Waals surface area contributed by atoms with Gasteiger partial charge in [-0.25, -0.2) is 29.6 Å². The van der Waals surface area contributed by atoms with E-state index in [0.717, 1.165) is 133 Å². The number of nitro groups is 2. The second-order valence-electron chi connectivity index (χ2n) is 22.2. The van der Waals surface area contributed by atoms with Gasteiger partial charge in [-0.2, -0.15) is 18.3 Å². The zero-order chi connectivity index (χ0) is 65.1. The van der Waals surface area contributed by atoms with E-state index in [0.29, 0.717) is 40.2 Å². The lowest BCUT2D eigenvalue weighted by molar-refractivity contribution is -0.385. The average molecular weight is 1260 g/mol. The zero-order valence-electron chi connectivity index (χ0n) is 50.1. The van der Waals surface area contributed by atoms with E-state index in [1.165, 1.54) is 60.6 Å². The minimum absolute atomic E-state index is 0.0159. The summed E-state index contributed by atoms with van der Waals surface area (Å²) in [5.74, 6) is 7.86. The van der Waals surface area contributed by atoms with Gasteiger partial charge in [0.25, 0.3) is 11.4 Å². The van der Waals surface area contributed by atoms with Crippen LogP contribution in [0.2, 0.25) is 0 Å². The molecule has 11 rings (SSSR count). The molecule has 29 heteroatoms. The Morgan fingerprint density at radius 3 is 1.26 bits per heavy atom. The third-order valence-corrected chi connectivity index (χ3v) is 15.5. The van der Waals surface area contributed by atoms with Gasteiger partial charge in [-0.3, -0.25) is 50.2 Å². The van der Waals surface area contributed by atoms with Crippen molar-refractivity contribution in [3.63, 3.8) is 0 Å². The number of halogens is 3. The van der Waals surface area contributed by atoms with Crippen LogP contribution >= 0.6 is 0 Å². The summed E-state index contributed by atoms with van der Waals surface area (Å²) in [7, 11) is 0. The number of hydrazine groups is 1. The SMILES string of the molecule is NNc1ccc(NC(=O)C2CCCCC2)nc1.Nc1ccc(NC(=O)C2CCCCC2)nc1.Nc1ccc([N+](=O)[O-])cn1.O=C(Nc1ccc(-n2nc(C(F)(F)F)cc2-c2cccnc2)cn1)C1CCCCC1.O=C(Nc1ccc([N+](=O)[O-])cn1)C1CCCCC1. The lowest BCUT2D eigenvalue weighted by Gasteiger charge is -2.20. The van der Waals surface area contributed by atoms with E-state index >= 15 is 0 Å². The number of carbonyl (C=O) groups excluding carboxylic acids is 4. The first-order chi connectivity index (χ1) is 43.8.